The van der Waals surface area contributed by atoms with Crippen molar-refractivity contribution in [3.63, 3.8) is 0 Å². The van der Waals surface area contributed by atoms with Crippen LogP contribution < -0.4 is 0 Å². The zero-order valence-corrected chi connectivity index (χ0v) is 10.1. The summed E-state index contributed by atoms with van der Waals surface area (Å²) in [7, 11) is 1.76. The maximum atomic E-state index is 12.2. The second kappa shape index (κ2) is 4.57. The van der Waals surface area contributed by atoms with E-state index in [1.165, 1.54) is 0 Å². The van der Waals surface area contributed by atoms with Gasteiger partial charge in [-0.25, -0.2) is 0 Å². The monoisotopic (exact) mass is 232 g/mol. The summed E-state index contributed by atoms with van der Waals surface area (Å²) in [5, 5.41) is 0. The lowest BCUT2D eigenvalue weighted by molar-refractivity contribution is -0.133. The van der Waals surface area contributed by atoms with Crippen LogP contribution in [0.15, 0.2) is 24.3 Å². The summed E-state index contributed by atoms with van der Waals surface area (Å²) in [5.41, 5.74) is 1.63. The molecule has 0 saturated carbocycles. The van der Waals surface area contributed by atoms with Crippen molar-refractivity contribution < 1.29 is 9.59 Å². The molecule has 0 spiro atoms. The Morgan fingerprint density at radius 2 is 1.94 bits per heavy atom. The third-order valence-electron chi connectivity index (χ3n) is 3.12. The van der Waals surface area contributed by atoms with Crippen molar-refractivity contribution in [3.8, 4) is 0 Å². The van der Waals surface area contributed by atoms with Crippen LogP contribution in [0.3, 0.4) is 0 Å². The lowest BCUT2D eigenvalue weighted by atomic mass is 10.1. The van der Waals surface area contributed by atoms with Crippen molar-refractivity contribution in [2.24, 2.45) is 0 Å². The smallest absolute Gasteiger partial charge is 0.254 e. The molecule has 0 aromatic heterocycles. The van der Waals surface area contributed by atoms with Crippen LogP contribution >= 0.6 is 0 Å². The van der Waals surface area contributed by atoms with Crippen molar-refractivity contribution in [1.82, 2.24) is 9.80 Å². The number of amides is 2. The Balaban J connectivity index is 2.16. The van der Waals surface area contributed by atoms with Gasteiger partial charge >= 0.3 is 0 Å². The number of nitrogens with zero attached hydrogens (tertiary/aromatic N) is 2. The van der Waals surface area contributed by atoms with Gasteiger partial charge in [0.25, 0.3) is 5.91 Å². The fraction of sp³-hybridized carbons (Fsp3) is 0.385. The Morgan fingerprint density at radius 3 is 2.59 bits per heavy atom. The van der Waals surface area contributed by atoms with Gasteiger partial charge in [-0.05, 0) is 18.6 Å². The summed E-state index contributed by atoms with van der Waals surface area (Å²) in [6.07, 6.45) is 0. The standard InChI is InChI=1S/C13H16N2O2/c1-10-5-3-4-6-11(10)13(17)15-8-7-14(2)12(16)9-15/h3-6H,7-9H2,1-2H3. The molecule has 4 nitrogen and oxygen atoms in total. The van der Waals surface area contributed by atoms with Crippen molar-refractivity contribution >= 4 is 11.8 Å². The third-order valence-corrected chi connectivity index (χ3v) is 3.12. The predicted molar refractivity (Wildman–Crippen MR) is 64.7 cm³/mol. The molecular formula is C13H16N2O2. The van der Waals surface area contributed by atoms with Crippen molar-refractivity contribution in [3.05, 3.63) is 35.4 Å². The lowest BCUT2D eigenvalue weighted by Gasteiger charge is -2.32. The molecule has 1 aromatic rings. The molecule has 0 aliphatic carbocycles. The molecule has 0 bridgehead atoms. The minimum atomic E-state index is -0.0513. The molecule has 0 unspecified atom stereocenters. The Labute approximate surface area is 101 Å². The van der Waals surface area contributed by atoms with E-state index in [0.717, 1.165) is 5.56 Å². The molecular weight excluding hydrogens is 216 g/mol. The highest BCUT2D eigenvalue weighted by molar-refractivity contribution is 5.98. The fourth-order valence-corrected chi connectivity index (χ4v) is 1.92. The van der Waals surface area contributed by atoms with Gasteiger partial charge < -0.3 is 9.80 Å². The molecule has 0 radical (unpaired) electrons. The van der Waals surface area contributed by atoms with Crippen LogP contribution in [0, 0.1) is 6.92 Å². The molecule has 2 rings (SSSR count). The number of hydrogen-bond acceptors (Lipinski definition) is 2. The highest BCUT2D eigenvalue weighted by Gasteiger charge is 2.25. The quantitative estimate of drug-likeness (QED) is 0.722. The van der Waals surface area contributed by atoms with Gasteiger partial charge in [0.2, 0.25) is 5.91 Å². The maximum Gasteiger partial charge on any atom is 0.254 e. The summed E-state index contributed by atoms with van der Waals surface area (Å²) >= 11 is 0. The van der Waals surface area contributed by atoms with Crippen LogP contribution in [-0.2, 0) is 4.79 Å². The number of carbonyl (C=O) groups excluding carboxylic acids is 2. The first-order valence-electron chi connectivity index (χ1n) is 5.68. The van der Waals surface area contributed by atoms with Gasteiger partial charge in [0.05, 0.1) is 0 Å². The van der Waals surface area contributed by atoms with Crippen LogP contribution in [0.2, 0.25) is 0 Å². The summed E-state index contributed by atoms with van der Waals surface area (Å²) in [5.74, 6) is -0.0530. The largest absolute Gasteiger partial charge is 0.342 e. The molecule has 17 heavy (non-hydrogen) atoms. The molecule has 0 atom stereocenters. The highest BCUT2D eigenvalue weighted by atomic mass is 16.2. The first-order chi connectivity index (χ1) is 8.09. The van der Waals surface area contributed by atoms with Crippen LogP contribution in [0.4, 0.5) is 0 Å². The Morgan fingerprint density at radius 1 is 1.24 bits per heavy atom. The molecule has 90 valence electrons. The molecule has 0 N–H and O–H groups in total. The average molecular weight is 232 g/mol. The van der Waals surface area contributed by atoms with E-state index >= 15 is 0 Å². The van der Waals surface area contributed by atoms with E-state index in [1.807, 2.05) is 25.1 Å². The zero-order valence-electron chi connectivity index (χ0n) is 10.1. The van der Waals surface area contributed by atoms with Gasteiger partial charge in [0, 0.05) is 25.7 Å². The zero-order chi connectivity index (χ0) is 12.4. The van der Waals surface area contributed by atoms with Gasteiger partial charge in [0.15, 0.2) is 0 Å². The van der Waals surface area contributed by atoms with Crippen molar-refractivity contribution in [2.45, 2.75) is 6.92 Å². The first kappa shape index (κ1) is 11.6. The van der Waals surface area contributed by atoms with Crippen LogP contribution in [0.1, 0.15) is 15.9 Å². The molecule has 1 aromatic carbocycles. The van der Waals surface area contributed by atoms with Crippen molar-refractivity contribution in [2.75, 3.05) is 26.7 Å². The van der Waals surface area contributed by atoms with Gasteiger partial charge in [-0.2, -0.15) is 0 Å². The van der Waals surface area contributed by atoms with E-state index < -0.39 is 0 Å². The van der Waals surface area contributed by atoms with E-state index in [1.54, 1.807) is 22.9 Å². The molecule has 2 amide bonds. The van der Waals surface area contributed by atoms with Gasteiger partial charge in [-0.15, -0.1) is 0 Å². The molecule has 1 aliphatic heterocycles. The number of carbonyl (C=O) groups is 2. The number of rotatable bonds is 1. The summed E-state index contributed by atoms with van der Waals surface area (Å²) < 4.78 is 0. The number of hydrogen-bond donors (Lipinski definition) is 0. The summed E-state index contributed by atoms with van der Waals surface area (Å²) in [4.78, 5) is 27.1. The van der Waals surface area contributed by atoms with Gasteiger partial charge in [0.1, 0.15) is 6.54 Å². The number of piperazine rings is 1. The Hall–Kier alpha value is -1.84. The fourth-order valence-electron chi connectivity index (χ4n) is 1.92. The molecule has 1 saturated heterocycles. The summed E-state index contributed by atoms with van der Waals surface area (Å²) in [6.45, 7) is 3.31. The second-order valence-corrected chi connectivity index (χ2v) is 4.36. The number of aryl methyl sites for hydroxylation is 1. The lowest BCUT2D eigenvalue weighted by Crippen LogP contribution is -2.50. The van der Waals surface area contributed by atoms with E-state index in [2.05, 4.69) is 0 Å². The van der Waals surface area contributed by atoms with Gasteiger partial charge in [-0.1, -0.05) is 18.2 Å². The minimum absolute atomic E-state index is 0.00168. The number of likely N-dealkylation sites (N-methyl/N-ethyl adjacent to an activating group) is 1. The van der Waals surface area contributed by atoms with E-state index in [0.29, 0.717) is 18.7 Å². The molecule has 1 fully saturated rings. The van der Waals surface area contributed by atoms with Crippen LogP contribution in [0.25, 0.3) is 0 Å². The topological polar surface area (TPSA) is 40.6 Å². The second-order valence-electron chi connectivity index (χ2n) is 4.36. The van der Waals surface area contributed by atoms with Crippen LogP contribution in [-0.4, -0.2) is 48.3 Å². The highest BCUT2D eigenvalue weighted by Crippen LogP contribution is 2.12. The van der Waals surface area contributed by atoms with Gasteiger partial charge in [-0.3, -0.25) is 9.59 Å². The summed E-state index contributed by atoms with van der Waals surface area (Å²) in [6, 6.07) is 7.46. The Kier molecular flexibility index (Phi) is 3.13. The van der Waals surface area contributed by atoms with E-state index in [9.17, 15) is 9.59 Å². The average Bonchev–Trinajstić information content (AvgIpc) is 2.32. The third kappa shape index (κ3) is 2.30. The molecule has 1 heterocycles. The molecule has 4 heteroatoms. The maximum absolute atomic E-state index is 12.2. The van der Waals surface area contributed by atoms with E-state index in [4.69, 9.17) is 0 Å². The van der Waals surface area contributed by atoms with E-state index in [-0.39, 0.29) is 18.4 Å². The first-order valence-corrected chi connectivity index (χ1v) is 5.68. The Bertz CT molecular complexity index is 456. The normalized spacial score (nSPS) is 16.2. The minimum Gasteiger partial charge on any atom is -0.342 e. The predicted octanol–water partition coefficient (Wildman–Crippen LogP) is 0.909. The molecule has 1 aliphatic rings. The van der Waals surface area contributed by atoms with Crippen LogP contribution in [0.5, 0.6) is 0 Å². The van der Waals surface area contributed by atoms with Crippen molar-refractivity contribution in [1.29, 1.82) is 0 Å². The number of benzene rings is 1. The SMILES string of the molecule is Cc1ccccc1C(=O)N1CCN(C)C(=O)C1.